The van der Waals surface area contributed by atoms with E-state index in [0.717, 1.165) is 25.0 Å². The molecule has 0 radical (unpaired) electrons. The minimum absolute atomic E-state index is 0.00227. The zero-order valence-corrected chi connectivity index (χ0v) is 11.8. The molecule has 102 valence electrons. The van der Waals surface area contributed by atoms with Crippen LogP contribution in [0, 0.1) is 11.3 Å². The molecule has 4 nitrogen and oxygen atoms in total. The molecule has 0 spiro atoms. The number of hydrogen-bond acceptors (Lipinski definition) is 3. The maximum atomic E-state index is 12.6. The van der Waals surface area contributed by atoms with E-state index in [0.29, 0.717) is 12.3 Å². The molecule has 2 fully saturated rings. The van der Waals surface area contributed by atoms with Crippen LogP contribution in [0.5, 0.6) is 0 Å². The molecule has 2 atom stereocenters. The molecule has 1 saturated carbocycles. The third-order valence-corrected chi connectivity index (χ3v) is 5.27. The van der Waals surface area contributed by atoms with Crippen molar-refractivity contribution in [1.29, 1.82) is 0 Å². The van der Waals surface area contributed by atoms with E-state index in [2.05, 4.69) is 13.8 Å². The van der Waals surface area contributed by atoms with Gasteiger partial charge in [0.15, 0.2) is 0 Å². The fourth-order valence-corrected chi connectivity index (χ4v) is 4.09. The lowest BCUT2D eigenvalue weighted by Gasteiger charge is -2.37. The summed E-state index contributed by atoms with van der Waals surface area (Å²) >= 11 is 1.62. The number of nitrogens with zero attached hydrogens (tertiary/aromatic N) is 1. The van der Waals surface area contributed by atoms with E-state index in [9.17, 15) is 14.7 Å². The smallest absolute Gasteiger partial charge is 0.327 e. The van der Waals surface area contributed by atoms with Gasteiger partial charge in [-0.25, -0.2) is 4.79 Å². The Morgan fingerprint density at radius 3 is 2.67 bits per heavy atom. The van der Waals surface area contributed by atoms with E-state index >= 15 is 0 Å². The van der Waals surface area contributed by atoms with E-state index < -0.39 is 12.0 Å². The summed E-state index contributed by atoms with van der Waals surface area (Å²) in [5.74, 6) is 0.565. The Kier molecular flexibility index (Phi) is 3.90. The molecule has 1 saturated heterocycles. The second-order valence-corrected chi connectivity index (χ2v) is 7.04. The summed E-state index contributed by atoms with van der Waals surface area (Å²) in [6.07, 6.45) is 3.04. The highest BCUT2D eigenvalue weighted by atomic mass is 32.2. The monoisotopic (exact) mass is 271 g/mol. The first-order valence-corrected chi connectivity index (χ1v) is 7.70. The van der Waals surface area contributed by atoms with Crippen LogP contribution in [-0.2, 0) is 9.59 Å². The average molecular weight is 271 g/mol. The third-order valence-electron chi connectivity index (χ3n) is 4.25. The summed E-state index contributed by atoms with van der Waals surface area (Å²) in [5, 5.41) is 9.22. The van der Waals surface area contributed by atoms with Gasteiger partial charge >= 0.3 is 5.97 Å². The Hall–Kier alpha value is -0.710. The molecule has 2 aliphatic rings. The van der Waals surface area contributed by atoms with Crippen LogP contribution in [0.2, 0.25) is 0 Å². The van der Waals surface area contributed by atoms with Crippen molar-refractivity contribution in [3.05, 3.63) is 0 Å². The molecule has 1 N–H and O–H groups in total. The van der Waals surface area contributed by atoms with Crippen LogP contribution in [0.3, 0.4) is 0 Å². The molecule has 0 aromatic heterocycles. The van der Waals surface area contributed by atoms with Crippen LogP contribution in [0.25, 0.3) is 0 Å². The lowest BCUT2D eigenvalue weighted by Crippen LogP contribution is -2.53. The highest BCUT2D eigenvalue weighted by molar-refractivity contribution is 7.99. The Morgan fingerprint density at radius 2 is 2.11 bits per heavy atom. The molecule has 0 aromatic rings. The van der Waals surface area contributed by atoms with Crippen LogP contribution < -0.4 is 0 Å². The molecule has 1 aliphatic heterocycles. The minimum Gasteiger partial charge on any atom is -0.480 e. The van der Waals surface area contributed by atoms with Crippen molar-refractivity contribution in [3.8, 4) is 0 Å². The van der Waals surface area contributed by atoms with Crippen molar-refractivity contribution in [2.75, 3.05) is 18.1 Å². The highest BCUT2D eigenvalue weighted by Crippen LogP contribution is 2.44. The van der Waals surface area contributed by atoms with E-state index in [1.807, 2.05) is 0 Å². The predicted molar refractivity (Wildman–Crippen MR) is 71.6 cm³/mol. The van der Waals surface area contributed by atoms with Gasteiger partial charge in [-0.15, -0.1) is 0 Å². The third kappa shape index (κ3) is 2.51. The van der Waals surface area contributed by atoms with Crippen molar-refractivity contribution in [3.63, 3.8) is 0 Å². The van der Waals surface area contributed by atoms with Crippen molar-refractivity contribution in [2.45, 2.75) is 39.2 Å². The second-order valence-electron chi connectivity index (χ2n) is 5.89. The fraction of sp³-hybridized carbons (Fsp3) is 0.846. The van der Waals surface area contributed by atoms with Crippen LogP contribution in [0.4, 0.5) is 0 Å². The molecule has 2 unspecified atom stereocenters. The fourth-order valence-electron chi connectivity index (χ4n) is 3.06. The largest absolute Gasteiger partial charge is 0.480 e. The van der Waals surface area contributed by atoms with Gasteiger partial charge in [-0.3, -0.25) is 4.79 Å². The zero-order valence-electron chi connectivity index (χ0n) is 11.0. The molecular formula is C13H21NO3S. The predicted octanol–water partition coefficient (Wildman–Crippen LogP) is 1.84. The topological polar surface area (TPSA) is 57.6 Å². The Morgan fingerprint density at radius 1 is 1.39 bits per heavy atom. The molecule has 5 heteroatoms. The van der Waals surface area contributed by atoms with E-state index in [-0.39, 0.29) is 17.2 Å². The average Bonchev–Trinajstić information content (AvgIpc) is 2.68. The molecule has 1 aliphatic carbocycles. The summed E-state index contributed by atoms with van der Waals surface area (Å²) in [6, 6.07) is -0.632. The number of amides is 1. The number of carbonyl (C=O) groups excluding carboxylic acids is 1. The summed E-state index contributed by atoms with van der Waals surface area (Å²) < 4.78 is 0. The minimum atomic E-state index is -0.869. The summed E-state index contributed by atoms with van der Waals surface area (Å²) in [7, 11) is 0. The number of aliphatic carboxylic acids is 1. The van der Waals surface area contributed by atoms with Crippen LogP contribution in [0.15, 0.2) is 0 Å². The zero-order chi connectivity index (χ0) is 13.3. The van der Waals surface area contributed by atoms with Crippen LogP contribution in [0.1, 0.15) is 33.1 Å². The van der Waals surface area contributed by atoms with Gasteiger partial charge < -0.3 is 10.0 Å². The molecule has 1 amide bonds. The van der Waals surface area contributed by atoms with Gasteiger partial charge in [-0.05, 0) is 18.3 Å². The maximum Gasteiger partial charge on any atom is 0.327 e. The Bertz CT molecular complexity index is 356. The first kappa shape index (κ1) is 13.7. The van der Waals surface area contributed by atoms with Gasteiger partial charge in [0.05, 0.1) is 0 Å². The summed E-state index contributed by atoms with van der Waals surface area (Å²) in [6.45, 7) is 4.82. The first-order chi connectivity index (χ1) is 8.43. The van der Waals surface area contributed by atoms with Gasteiger partial charge in [0.2, 0.25) is 5.91 Å². The number of hydrogen-bond donors (Lipinski definition) is 1. The Balaban J connectivity index is 2.13. The van der Waals surface area contributed by atoms with E-state index in [4.69, 9.17) is 0 Å². The Labute approximate surface area is 112 Å². The number of rotatable bonds is 2. The molecular weight excluding hydrogens is 250 g/mol. The standard InChI is InChI=1S/C13H21NO3S/c1-13(2)5-3-4-9(13)11(15)14-6-7-18-8-10(14)12(16)17/h9-10H,3-8H2,1-2H3,(H,16,17). The van der Waals surface area contributed by atoms with Crippen LogP contribution in [-0.4, -0.2) is 46.0 Å². The van der Waals surface area contributed by atoms with Gasteiger partial charge in [-0.1, -0.05) is 20.3 Å². The second kappa shape index (κ2) is 5.11. The molecule has 0 aromatic carbocycles. The van der Waals surface area contributed by atoms with E-state index in [1.165, 1.54) is 0 Å². The maximum absolute atomic E-state index is 12.6. The van der Waals surface area contributed by atoms with Crippen molar-refractivity contribution in [2.24, 2.45) is 11.3 Å². The first-order valence-electron chi connectivity index (χ1n) is 6.54. The highest BCUT2D eigenvalue weighted by Gasteiger charge is 2.44. The lowest BCUT2D eigenvalue weighted by molar-refractivity contribution is -0.152. The van der Waals surface area contributed by atoms with E-state index in [1.54, 1.807) is 16.7 Å². The molecule has 2 rings (SSSR count). The van der Waals surface area contributed by atoms with Gasteiger partial charge in [0.25, 0.3) is 0 Å². The summed E-state index contributed by atoms with van der Waals surface area (Å²) in [5.41, 5.74) is 0.0186. The molecule has 18 heavy (non-hydrogen) atoms. The lowest BCUT2D eigenvalue weighted by atomic mass is 9.81. The van der Waals surface area contributed by atoms with Gasteiger partial charge in [0.1, 0.15) is 6.04 Å². The van der Waals surface area contributed by atoms with Crippen molar-refractivity contribution >= 4 is 23.6 Å². The van der Waals surface area contributed by atoms with Gasteiger partial charge in [0, 0.05) is 24.0 Å². The normalized spacial score (nSPS) is 31.3. The van der Waals surface area contributed by atoms with Crippen LogP contribution >= 0.6 is 11.8 Å². The van der Waals surface area contributed by atoms with Crippen molar-refractivity contribution in [1.82, 2.24) is 4.90 Å². The molecule has 1 heterocycles. The molecule has 0 bridgehead atoms. The number of thioether (sulfide) groups is 1. The van der Waals surface area contributed by atoms with Gasteiger partial charge in [-0.2, -0.15) is 11.8 Å². The number of carboxylic acid groups (broad SMARTS) is 1. The number of carboxylic acids is 1. The van der Waals surface area contributed by atoms with Crippen molar-refractivity contribution < 1.29 is 14.7 Å². The SMILES string of the molecule is CC1(C)CCCC1C(=O)N1CCSCC1C(=O)O. The summed E-state index contributed by atoms with van der Waals surface area (Å²) in [4.78, 5) is 25.4. The quantitative estimate of drug-likeness (QED) is 0.832. The number of carbonyl (C=O) groups is 2.